The largest absolute Gasteiger partial charge is 0.382 e. The summed E-state index contributed by atoms with van der Waals surface area (Å²) in [6.07, 6.45) is 10.9. The molecule has 1 aliphatic heterocycles. The molecule has 5 nitrogen and oxygen atoms in total. The van der Waals surface area contributed by atoms with Gasteiger partial charge in [0, 0.05) is 13.3 Å². The van der Waals surface area contributed by atoms with Crippen molar-refractivity contribution in [3.63, 3.8) is 0 Å². The first-order valence-electron chi connectivity index (χ1n) is 9.72. The Hall–Kier alpha value is -1.46. The summed E-state index contributed by atoms with van der Waals surface area (Å²) < 4.78 is 5.36. The molecular formula is C20H31N3O2. The number of amides is 1. The fourth-order valence-electron chi connectivity index (χ4n) is 4.39. The summed E-state index contributed by atoms with van der Waals surface area (Å²) in [6.45, 7) is 2.54. The normalized spacial score (nSPS) is 22.3. The Bertz CT molecular complexity index is 537. The van der Waals surface area contributed by atoms with Crippen molar-refractivity contribution in [3.8, 4) is 0 Å². The van der Waals surface area contributed by atoms with Crippen molar-refractivity contribution >= 4 is 5.91 Å². The van der Waals surface area contributed by atoms with Gasteiger partial charge >= 0.3 is 0 Å². The van der Waals surface area contributed by atoms with Crippen LogP contribution in [0, 0.1) is 0 Å². The number of nitrogens with zero attached hydrogens (tertiary/aromatic N) is 2. The number of piperidine rings is 1. The number of likely N-dealkylation sites (tertiary alicyclic amines) is 1. The number of pyridine rings is 1. The summed E-state index contributed by atoms with van der Waals surface area (Å²) in [7, 11) is 1.67. The van der Waals surface area contributed by atoms with Crippen LogP contribution in [0.1, 0.15) is 63.1 Å². The van der Waals surface area contributed by atoms with E-state index in [0.717, 1.165) is 44.5 Å². The zero-order valence-electron chi connectivity index (χ0n) is 15.4. The van der Waals surface area contributed by atoms with E-state index in [1.807, 2.05) is 18.2 Å². The summed E-state index contributed by atoms with van der Waals surface area (Å²) in [6, 6.07) is 5.62. The molecule has 2 aliphatic rings. The number of rotatable bonds is 6. The van der Waals surface area contributed by atoms with Crippen molar-refractivity contribution in [2.45, 2.75) is 62.9 Å². The minimum atomic E-state index is -0.334. The number of carbonyl (C=O) groups excluding carboxylic acids is 1. The number of hydrogen-bond donors (Lipinski definition) is 1. The summed E-state index contributed by atoms with van der Waals surface area (Å²) >= 11 is 0. The number of nitrogens with one attached hydrogen (secondary N) is 1. The number of aromatic nitrogens is 1. The number of carbonyl (C=O) groups is 1. The molecule has 0 aromatic carbocycles. The highest BCUT2D eigenvalue weighted by molar-refractivity contribution is 5.86. The molecule has 0 radical (unpaired) electrons. The van der Waals surface area contributed by atoms with Gasteiger partial charge < -0.3 is 10.1 Å². The fourth-order valence-corrected chi connectivity index (χ4v) is 4.39. The van der Waals surface area contributed by atoms with Gasteiger partial charge in [0.15, 0.2) is 0 Å². The molecule has 1 saturated heterocycles. The molecule has 1 saturated carbocycles. The van der Waals surface area contributed by atoms with Crippen LogP contribution in [0.3, 0.4) is 0 Å². The zero-order chi connectivity index (χ0) is 17.5. The maximum absolute atomic E-state index is 13.4. The fraction of sp³-hybridized carbons (Fsp3) is 0.700. The first-order chi connectivity index (χ1) is 12.3. The predicted octanol–water partition coefficient (Wildman–Crippen LogP) is 3.07. The molecule has 138 valence electrons. The molecule has 1 aromatic heterocycles. The lowest BCUT2D eigenvalue weighted by atomic mass is 9.78. The highest BCUT2D eigenvalue weighted by atomic mass is 16.5. The van der Waals surface area contributed by atoms with Crippen molar-refractivity contribution in [1.29, 1.82) is 0 Å². The van der Waals surface area contributed by atoms with E-state index >= 15 is 0 Å². The van der Waals surface area contributed by atoms with Gasteiger partial charge in [0.25, 0.3) is 0 Å². The van der Waals surface area contributed by atoms with Gasteiger partial charge in [0.05, 0.1) is 18.3 Å². The minimum Gasteiger partial charge on any atom is -0.382 e. The van der Waals surface area contributed by atoms with E-state index in [9.17, 15) is 4.79 Å². The van der Waals surface area contributed by atoms with Gasteiger partial charge in [-0.15, -0.1) is 0 Å². The Morgan fingerprint density at radius 1 is 1.20 bits per heavy atom. The maximum atomic E-state index is 13.4. The van der Waals surface area contributed by atoms with Gasteiger partial charge in [-0.1, -0.05) is 31.7 Å². The zero-order valence-corrected chi connectivity index (χ0v) is 15.4. The van der Waals surface area contributed by atoms with Crippen LogP contribution in [0.25, 0.3) is 0 Å². The lowest BCUT2D eigenvalue weighted by molar-refractivity contribution is -0.138. The molecule has 2 fully saturated rings. The Kier molecular flexibility index (Phi) is 6.43. The highest BCUT2D eigenvalue weighted by Gasteiger charge is 2.45. The van der Waals surface area contributed by atoms with Gasteiger partial charge in [0.2, 0.25) is 5.91 Å². The van der Waals surface area contributed by atoms with Crippen LogP contribution in [0.2, 0.25) is 0 Å². The summed E-state index contributed by atoms with van der Waals surface area (Å²) in [5.41, 5.74) is 0.529. The van der Waals surface area contributed by atoms with E-state index in [1.165, 1.54) is 25.7 Å². The Morgan fingerprint density at radius 3 is 2.56 bits per heavy atom. The molecule has 1 aliphatic carbocycles. The summed E-state index contributed by atoms with van der Waals surface area (Å²) in [4.78, 5) is 20.3. The van der Waals surface area contributed by atoms with Crippen molar-refractivity contribution in [1.82, 2.24) is 15.2 Å². The van der Waals surface area contributed by atoms with Crippen molar-refractivity contribution in [2.24, 2.45) is 0 Å². The Balaban J connectivity index is 1.78. The molecule has 0 bridgehead atoms. The van der Waals surface area contributed by atoms with Crippen LogP contribution < -0.4 is 5.32 Å². The van der Waals surface area contributed by atoms with E-state index < -0.39 is 0 Å². The molecule has 1 amide bonds. The summed E-state index contributed by atoms with van der Waals surface area (Å²) in [5, 5.41) is 3.27. The standard InChI is InChI=1S/C20H31N3O2/c1-25-16-18(17-10-4-7-13-21-17)22-19(24)20(11-5-2-6-12-20)23-14-8-3-9-15-23/h4,7,10,13,18H,2-3,5-6,8-9,11-12,14-16H2,1H3,(H,22,24)/t18-/m0/s1. The smallest absolute Gasteiger partial charge is 0.241 e. The van der Waals surface area contributed by atoms with Gasteiger partial charge in [0.1, 0.15) is 5.54 Å². The molecular weight excluding hydrogens is 314 g/mol. The number of ether oxygens (including phenoxy) is 1. The lowest BCUT2D eigenvalue weighted by Crippen LogP contribution is -2.61. The van der Waals surface area contributed by atoms with Gasteiger partial charge in [-0.25, -0.2) is 0 Å². The van der Waals surface area contributed by atoms with E-state index in [0.29, 0.717) is 6.61 Å². The molecule has 3 rings (SSSR count). The molecule has 1 atom stereocenters. The predicted molar refractivity (Wildman–Crippen MR) is 98.2 cm³/mol. The molecule has 2 heterocycles. The lowest BCUT2D eigenvalue weighted by Gasteiger charge is -2.47. The third-order valence-corrected chi connectivity index (χ3v) is 5.75. The second kappa shape index (κ2) is 8.77. The first kappa shape index (κ1) is 18.3. The van der Waals surface area contributed by atoms with Crippen LogP contribution in [0.5, 0.6) is 0 Å². The van der Waals surface area contributed by atoms with Gasteiger partial charge in [-0.05, 0) is 50.9 Å². The van der Waals surface area contributed by atoms with Crippen LogP contribution in [0.4, 0.5) is 0 Å². The van der Waals surface area contributed by atoms with Gasteiger partial charge in [-0.3, -0.25) is 14.7 Å². The quantitative estimate of drug-likeness (QED) is 0.861. The highest BCUT2D eigenvalue weighted by Crippen LogP contribution is 2.36. The van der Waals surface area contributed by atoms with Crippen LogP contribution >= 0.6 is 0 Å². The topological polar surface area (TPSA) is 54.5 Å². The molecule has 5 heteroatoms. The van der Waals surface area contributed by atoms with Crippen LogP contribution in [0.15, 0.2) is 24.4 Å². The summed E-state index contributed by atoms with van der Waals surface area (Å²) in [5.74, 6) is 0.168. The average molecular weight is 345 g/mol. The molecule has 0 spiro atoms. The third kappa shape index (κ3) is 4.21. The van der Waals surface area contributed by atoms with Crippen molar-refractivity contribution < 1.29 is 9.53 Å². The van der Waals surface area contributed by atoms with Crippen molar-refractivity contribution in [3.05, 3.63) is 30.1 Å². The first-order valence-corrected chi connectivity index (χ1v) is 9.72. The third-order valence-electron chi connectivity index (χ3n) is 5.75. The second-order valence-electron chi connectivity index (χ2n) is 7.38. The van der Waals surface area contributed by atoms with Crippen LogP contribution in [-0.2, 0) is 9.53 Å². The molecule has 0 unspecified atom stereocenters. The number of methoxy groups -OCH3 is 1. The second-order valence-corrected chi connectivity index (χ2v) is 7.38. The van der Waals surface area contributed by atoms with Gasteiger partial charge in [-0.2, -0.15) is 0 Å². The number of hydrogen-bond acceptors (Lipinski definition) is 4. The minimum absolute atomic E-state index is 0.168. The SMILES string of the molecule is COC[C@H](NC(=O)C1(N2CCCCC2)CCCCC1)c1ccccn1. The van der Waals surface area contributed by atoms with Crippen molar-refractivity contribution in [2.75, 3.05) is 26.8 Å². The monoisotopic (exact) mass is 345 g/mol. The maximum Gasteiger partial charge on any atom is 0.241 e. The Labute approximate surface area is 151 Å². The van der Waals surface area contributed by atoms with Crippen LogP contribution in [-0.4, -0.2) is 48.1 Å². The average Bonchev–Trinajstić information content (AvgIpc) is 2.69. The van der Waals surface area contributed by atoms with E-state index in [4.69, 9.17) is 4.74 Å². The molecule has 1 N–H and O–H groups in total. The Morgan fingerprint density at radius 2 is 1.92 bits per heavy atom. The van der Waals surface area contributed by atoms with E-state index in [2.05, 4.69) is 15.2 Å². The molecule has 25 heavy (non-hydrogen) atoms. The van der Waals surface area contributed by atoms with E-state index in [1.54, 1.807) is 13.3 Å². The van der Waals surface area contributed by atoms with E-state index in [-0.39, 0.29) is 17.5 Å². The molecule has 1 aromatic rings.